The number of ether oxygens (including phenoxy) is 1. The molecule has 3 heterocycles. The zero-order chi connectivity index (χ0) is 18.6. The van der Waals surface area contributed by atoms with Gasteiger partial charge in [-0.3, -0.25) is 14.6 Å². The van der Waals surface area contributed by atoms with Crippen molar-refractivity contribution in [2.24, 2.45) is 0 Å². The van der Waals surface area contributed by atoms with E-state index in [9.17, 15) is 9.59 Å². The monoisotopic (exact) mass is 365 g/mol. The van der Waals surface area contributed by atoms with Gasteiger partial charge < -0.3 is 14.5 Å². The van der Waals surface area contributed by atoms with Crippen LogP contribution >= 0.6 is 0 Å². The molecule has 2 aromatic rings. The molecule has 1 fully saturated rings. The lowest BCUT2D eigenvalue weighted by Gasteiger charge is -2.23. The van der Waals surface area contributed by atoms with Crippen LogP contribution in [0, 0.1) is 0 Å². The van der Waals surface area contributed by atoms with E-state index >= 15 is 0 Å². The highest BCUT2D eigenvalue weighted by molar-refractivity contribution is 5.95. The van der Waals surface area contributed by atoms with Crippen LogP contribution in [0.5, 0.6) is 5.75 Å². The second-order valence-electron chi connectivity index (χ2n) is 6.93. The lowest BCUT2D eigenvalue weighted by Crippen LogP contribution is -2.37. The maximum atomic E-state index is 13.0. The van der Waals surface area contributed by atoms with Gasteiger partial charge in [-0.15, -0.1) is 0 Å². The Hall–Kier alpha value is -2.89. The van der Waals surface area contributed by atoms with E-state index < -0.39 is 0 Å². The number of hydrogen-bond donors (Lipinski definition) is 0. The number of pyridine rings is 1. The zero-order valence-corrected chi connectivity index (χ0v) is 15.3. The summed E-state index contributed by atoms with van der Waals surface area (Å²) >= 11 is 0. The average molecular weight is 365 g/mol. The molecule has 0 spiro atoms. The number of carbonyl (C=O) groups excluding carboxylic acids is 2. The summed E-state index contributed by atoms with van der Waals surface area (Å²) in [6.07, 6.45) is 4.32. The summed E-state index contributed by atoms with van der Waals surface area (Å²) in [5.74, 6) is 0.840. The van der Waals surface area contributed by atoms with Crippen molar-refractivity contribution in [2.45, 2.75) is 19.3 Å². The Balaban J connectivity index is 1.43. The predicted molar refractivity (Wildman–Crippen MR) is 101 cm³/mol. The van der Waals surface area contributed by atoms with Crippen LogP contribution in [-0.2, 0) is 6.42 Å². The van der Waals surface area contributed by atoms with Crippen LogP contribution in [0.1, 0.15) is 39.3 Å². The van der Waals surface area contributed by atoms with Gasteiger partial charge in [0, 0.05) is 37.9 Å². The summed E-state index contributed by atoms with van der Waals surface area (Å²) < 4.78 is 5.63. The van der Waals surface area contributed by atoms with Crippen molar-refractivity contribution in [3.63, 3.8) is 0 Å². The van der Waals surface area contributed by atoms with E-state index in [1.807, 2.05) is 29.2 Å². The minimum atomic E-state index is -0.0733. The van der Waals surface area contributed by atoms with Gasteiger partial charge in [0.25, 0.3) is 11.8 Å². The maximum absolute atomic E-state index is 13.0. The van der Waals surface area contributed by atoms with Gasteiger partial charge in [-0.2, -0.15) is 0 Å². The molecule has 1 saturated heterocycles. The van der Waals surface area contributed by atoms with Crippen LogP contribution in [0.3, 0.4) is 0 Å². The van der Waals surface area contributed by atoms with E-state index in [-0.39, 0.29) is 11.8 Å². The van der Waals surface area contributed by atoms with E-state index in [4.69, 9.17) is 4.74 Å². The van der Waals surface area contributed by atoms with Crippen molar-refractivity contribution in [1.29, 1.82) is 0 Å². The topological polar surface area (TPSA) is 62.7 Å². The third-order valence-electron chi connectivity index (χ3n) is 5.11. The number of hydrogen-bond acceptors (Lipinski definition) is 4. The SMILES string of the molecule is O=C(c1ccc2c(c1)CCCO2)N1CCCN(C(=O)c2ccccn2)CC1. The second kappa shape index (κ2) is 7.78. The smallest absolute Gasteiger partial charge is 0.272 e. The molecule has 27 heavy (non-hydrogen) atoms. The van der Waals surface area contributed by atoms with Gasteiger partial charge in [-0.05, 0) is 55.2 Å². The first-order valence-electron chi connectivity index (χ1n) is 9.48. The van der Waals surface area contributed by atoms with E-state index in [1.165, 1.54) is 0 Å². The number of rotatable bonds is 2. The molecule has 6 heteroatoms. The quantitative estimate of drug-likeness (QED) is 0.820. The number of benzene rings is 1. The fourth-order valence-electron chi connectivity index (χ4n) is 3.65. The van der Waals surface area contributed by atoms with E-state index in [0.717, 1.165) is 37.2 Å². The van der Waals surface area contributed by atoms with Gasteiger partial charge in [0.1, 0.15) is 11.4 Å². The fraction of sp³-hybridized carbons (Fsp3) is 0.381. The lowest BCUT2D eigenvalue weighted by atomic mass is 10.0. The third kappa shape index (κ3) is 3.79. The number of carbonyl (C=O) groups is 2. The molecular formula is C21H23N3O3. The largest absolute Gasteiger partial charge is 0.493 e. The highest BCUT2D eigenvalue weighted by Crippen LogP contribution is 2.26. The lowest BCUT2D eigenvalue weighted by molar-refractivity contribution is 0.0715. The molecule has 2 aliphatic rings. The van der Waals surface area contributed by atoms with Gasteiger partial charge in [-0.25, -0.2) is 0 Å². The molecule has 1 aromatic heterocycles. The summed E-state index contributed by atoms with van der Waals surface area (Å²) in [6.45, 7) is 3.09. The van der Waals surface area contributed by atoms with Gasteiger partial charge >= 0.3 is 0 Å². The number of nitrogens with zero attached hydrogens (tertiary/aromatic N) is 3. The van der Waals surface area contributed by atoms with Gasteiger partial charge in [0.15, 0.2) is 0 Å². The molecular weight excluding hydrogens is 342 g/mol. The summed E-state index contributed by atoms with van der Waals surface area (Å²) in [4.78, 5) is 33.3. The van der Waals surface area contributed by atoms with Crippen LogP contribution in [0.25, 0.3) is 0 Å². The summed E-state index contributed by atoms with van der Waals surface area (Å²) in [7, 11) is 0. The Labute approximate surface area is 158 Å². The molecule has 0 saturated carbocycles. The number of aromatic nitrogens is 1. The molecule has 1 aromatic carbocycles. The van der Waals surface area contributed by atoms with Crippen molar-refractivity contribution in [3.05, 3.63) is 59.4 Å². The minimum absolute atomic E-state index is 0.0236. The van der Waals surface area contributed by atoms with Gasteiger partial charge in [0.05, 0.1) is 6.61 Å². The number of aryl methyl sites for hydroxylation is 1. The van der Waals surface area contributed by atoms with Crippen LogP contribution < -0.4 is 4.74 Å². The molecule has 0 radical (unpaired) electrons. The highest BCUT2D eigenvalue weighted by Gasteiger charge is 2.24. The minimum Gasteiger partial charge on any atom is -0.493 e. The molecule has 4 rings (SSSR count). The Kier molecular flexibility index (Phi) is 5.05. The standard InChI is InChI=1S/C21H23N3O3/c25-20(17-7-8-19-16(15-17)5-3-14-27-19)23-10-4-11-24(13-12-23)21(26)18-6-1-2-9-22-18/h1-2,6-9,15H,3-5,10-14H2. The van der Waals surface area contributed by atoms with Crippen LogP contribution in [0.4, 0.5) is 0 Å². The summed E-state index contributed by atoms with van der Waals surface area (Å²) in [6, 6.07) is 11.0. The molecule has 0 aliphatic carbocycles. The van der Waals surface area contributed by atoms with Crippen LogP contribution in [-0.4, -0.2) is 59.4 Å². The molecule has 0 unspecified atom stereocenters. The van der Waals surface area contributed by atoms with Crippen molar-refractivity contribution in [1.82, 2.24) is 14.8 Å². The summed E-state index contributed by atoms with van der Waals surface area (Å²) in [5.41, 5.74) is 2.25. The van der Waals surface area contributed by atoms with Crippen molar-refractivity contribution < 1.29 is 14.3 Å². The molecule has 2 aliphatic heterocycles. The third-order valence-corrected chi connectivity index (χ3v) is 5.11. The normalized spacial score (nSPS) is 16.9. The highest BCUT2D eigenvalue weighted by atomic mass is 16.5. The Morgan fingerprint density at radius 1 is 0.926 bits per heavy atom. The Morgan fingerprint density at radius 2 is 1.74 bits per heavy atom. The zero-order valence-electron chi connectivity index (χ0n) is 15.3. The van der Waals surface area contributed by atoms with E-state index in [0.29, 0.717) is 37.4 Å². The van der Waals surface area contributed by atoms with Gasteiger partial charge in [0.2, 0.25) is 0 Å². The molecule has 2 amide bonds. The first kappa shape index (κ1) is 17.5. The summed E-state index contributed by atoms with van der Waals surface area (Å²) in [5, 5.41) is 0. The Morgan fingerprint density at radius 3 is 2.52 bits per heavy atom. The number of amides is 2. The predicted octanol–water partition coefficient (Wildman–Crippen LogP) is 2.39. The Bertz CT molecular complexity index is 838. The van der Waals surface area contributed by atoms with Crippen molar-refractivity contribution in [2.75, 3.05) is 32.8 Å². The fourth-order valence-corrected chi connectivity index (χ4v) is 3.65. The first-order valence-corrected chi connectivity index (χ1v) is 9.48. The van der Waals surface area contributed by atoms with E-state index in [1.54, 1.807) is 23.2 Å². The van der Waals surface area contributed by atoms with Crippen LogP contribution in [0.2, 0.25) is 0 Å². The second-order valence-corrected chi connectivity index (χ2v) is 6.93. The maximum Gasteiger partial charge on any atom is 0.272 e. The van der Waals surface area contributed by atoms with Crippen molar-refractivity contribution in [3.8, 4) is 5.75 Å². The molecule has 0 atom stereocenters. The number of fused-ring (bicyclic) bond motifs is 1. The molecule has 0 N–H and O–H groups in total. The van der Waals surface area contributed by atoms with Gasteiger partial charge in [-0.1, -0.05) is 6.07 Å². The van der Waals surface area contributed by atoms with Crippen LogP contribution in [0.15, 0.2) is 42.6 Å². The first-order chi connectivity index (χ1) is 13.2. The van der Waals surface area contributed by atoms with Crippen molar-refractivity contribution >= 4 is 11.8 Å². The molecule has 6 nitrogen and oxygen atoms in total. The average Bonchev–Trinajstić information content (AvgIpc) is 2.99. The van der Waals surface area contributed by atoms with E-state index in [2.05, 4.69) is 4.98 Å². The molecule has 0 bridgehead atoms. The molecule has 140 valence electrons.